The van der Waals surface area contributed by atoms with Gasteiger partial charge in [0.15, 0.2) is 0 Å². The van der Waals surface area contributed by atoms with Crippen molar-refractivity contribution in [3.63, 3.8) is 0 Å². The Kier molecular flexibility index (Phi) is 3.13. The molecule has 0 amide bonds. The summed E-state index contributed by atoms with van der Waals surface area (Å²) in [5.41, 5.74) is 7.97. The van der Waals surface area contributed by atoms with Gasteiger partial charge >= 0.3 is 0 Å². The first kappa shape index (κ1) is 13.2. The van der Waals surface area contributed by atoms with Crippen molar-refractivity contribution in [1.82, 2.24) is 4.40 Å². The molecule has 0 spiro atoms. The molecule has 4 nitrogen and oxygen atoms in total. The highest BCUT2D eigenvalue weighted by atomic mass is 35.5. The number of ketones is 1. The summed E-state index contributed by atoms with van der Waals surface area (Å²) in [7, 11) is 0. The third-order valence-electron chi connectivity index (χ3n) is 3.30. The first-order valence-corrected chi connectivity index (χ1v) is 6.59. The number of halogens is 1. The van der Waals surface area contributed by atoms with E-state index < -0.39 is 0 Å². The van der Waals surface area contributed by atoms with Gasteiger partial charge in [0.2, 0.25) is 5.78 Å². The highest BCUT2D eigenvalue weighted by Gasteiger charge is 2.19. The van der Waals surface area contributed by atoms with Crippen molar-refractivity contribution < 1.29 is 4.79 Å². The van der Waals surface area contributed by atoms with E-state index in [9.17, 15) is 4.79 Å². The maximum Gasteiger partial charge on any atom is 0.211 e. The lowest BCUT2D eigenvalue weighted by atomic mass is 10.0. The molecule has 0 fully saturated rings. The van der Waals surface area contributed by atoms with E-state index in [4.69, 9.17) is 22.6 Å². The Bertz CT molecular complexity index is 888. The molecule has 2 N–H and O–H groups in total. The summed E-state index contributed by atoms with van der Waals surface area (Å²) < 4.78 is 1.69. The fourth-order valence-corrected chi connectivity index (χ4v) is 2.39. The van der Waals surface area contributed by atoms with Crippen molar-refractivity contribution in [1.29, 1.82) is 5.26 Å². The third-order valence-corrected chi connectivity index (χ3v) is 3.55. The van der Waals surface area contributed by atoms with Crippen LogP contribution >= 0.6 is 11.6 Å². The average molecular weight is 296 g/mol. The summed E-state index contributed by atoms with van der Waals surface area (Å²) in [5.74, 6) is -0.248. The average Bonchev–Trinajstić information content (AvgIpc) is 2.94. The molecule has 2 aromatic heterocycles. The zero-order chi connectivity index (χ0) is 15.0. The first-order chi connectivity index (χ1) is 10.1. The summed E-state index contributed by atoms with van der Waals surface area (Å²) >= 11 is 5.83. The molecule has 5 heteroatoms. The van der Waals surface area contributed by atoms with Gasteiger partial charge in [0.1, 0.15) is 11.8 Å². The van der Waals surface area contributed by atoms with Crippen LogP contribution in [0.4, 0.5) is 5.69 Å². The molecular formula is C16H10ClN3O. The Hall–Kier alpha value is -2.77. The second-order valence-corrected chi connectivity index (χ2v) is 5.01. The van der Waals surface area contributed by atoms with Crippen molar-refractivity contribution >= 4 is 28.6 Å². The van der Waals surface area contributed by atoms with Gasteiger partial charge in [0.25, 0.3) is 0 Å². The van der Waals surface area contributed by atoms with Crippen LogP contribution in [0.15, 0.2) is 48.7 Å². The third kappa shape index (κ3) is 2.14. The highest BCUT2D eigenvalue weighted by molar-refractivity contribution is 6.30. The quantitative estimate of drug-likeness (QED) is 0.738. The number of carbonyl (C=O) groups excluding carboxylic acids is 1. The van der Waals surface area contributed by atoms with Crippen LogP contribution in [0.5, 0.6) is 0 Å². The summed E-state index contributed by atoms with van der Waals surface area (Å²) in [6.07, 6.45) is 1.75. The molecule has 102 valence electrons. The Morgan fingerprint density at radius 3 is 2.62 bits per heavy atom. The van der Waals surface area contributed by atoms with Crippen molar-refractivity contribution in [3.8, 4) is 6.07 Å². The van der Waals surface area contributed by atoms with Gasteiger partial charge in [0.05, 0.1) is 11.3 Å². The maximum atomic E-state index is 12.7. The number of rotatable bonds is 2. The van der Waals surface area contributed by atoms with Crippen LogP contribution in [0, 0.1) is 11.3 Å². The Morgan fingerprint density at radius 1 is 1.24 bits per heavy atom. The number of nitrogens with two attached hydrogens (primary N) is 1. The Labute approximate surface area is 126 Å². The minimum Gasteiger partial charge on any atom is -0.396 e. The van der Waals surface area contributed by atoms with Crippen LogP contribution in [0.1, 0.15) is 21.6 Å². The monoisotopic (exact) mass is 295 g/mol. The number of carbonyl (C=O) groups is 1. The van der Waals surface area contributed by atoms with Crippen molar-refractivity contribution in [2.75, 3.05) is 5.73 Å². The number of hydrogen-bond acceptors (Lipinski definition) is 3. The number of anilines is 1. The minimum absolute atomic E-state index is 0.182. The number of hydrogen-bond donors (Lipinski definition) is 1. The lowest BCUT2D eigenvalue weighted by molar-refractivity contribution is 0.103. The topological polar surface area (TPSA) is 71.3 Å². The predicted octanol–water partition coefficient (Wildman–Crippen LogP) is 3.28. The summed E-state index contributed by atoms with van der Waals surface area (Å²) in [5, 5.41) is 9.71. The van der Waals surface area contributed by atoms with E-state index >= 15 is 0 Å². The fraction of sp³-hybridized carbons (Fsp3) is 0. The predicted molar refractivity (Wildman–Crippen MR) is 81.4 cm³/mol. The van der Waals surface area contributed by atoms with E-state index in [1.807, 2.05) is 12.1 Å². The number of aromatic nitrogens is 1. The lowest BCUT2D eigenvalue weighted by Gasteiger charge is -2.10. The Morgan fingerprint density at radius 2 is 1.95 bits per heavy atom. The molecule has 0 aliphatic heterocycles. The molecule has 0 saturated carbocycles. The molecule has 21 heavy (non-hydrogen) atoms. The minimum atomic E-state index is -0.248. The SMILES string of the molecule is N#Cc1cc2cccn2c(C(=O)c2ccc(Cl)cc2)c1N. The number of benzene rings is 1. The van der Waals surface area contributed by atoms with Gasteiger partial charge in [-0.15, -0.1) is 0 Å². The molecule has 1 aromatic carbocycles. The largest absolute Gasteiger partial charge is 0.396 e. The summed E-state index contributed by atoms with van der Waals surface area (Å²) in [4.78, 5) is 12.7. The number of nitriles is 1. The molecule has 0 atom stereocenters. The lowest BCUT2D eigenvalue weighted by Crippen LogP contribution is -2.12. The second-order valence-electron chi connectivity index (χ2n) is 4.57. The van der Waals surface area contributed by atoms with Crippen molar-refractivity contribution in [2.24, 2.45) is 0 Å². The molecule has 2 heterocycles. The normalized spacial score (nSPS) is 10.5. The summed E-state index contributed by atoms with van der Waals surface area (Å²) in [6.45, 7) is 0. The van der Waals surface area contributed by atoms with Gasteiger partial charge in [-0.2, -0.15) is 5.26 Å². The standard InChI is InChI=1S/C16H10ClN3O/c17-12-5-3-10(4-6-12)16(21)15-14(19)11(9-18)8-13-2-1-7-20(13)15/h1-8H,19H2. The second kappa shape index (κ2) is 4.97. The van der Waals surface area contributed by atoms with Crippen molar-refractivity contribution in [2.45, 2.75) is 0 Å². The molecule has 0 saturated heterocycles. The zero-order valence-corrected chi connectivity index (χ0v) is 11.6. The molecule has 0 radical (unpaired) electrons. The van der Waals surface area contributed by atoms with E-state index in [1.165, 1.54) is 0 Å². The smallest absolute Gasteiger partial charge is 0.211 e. The van der Waals surface area contributed by atoms with Crippen molar-refractivity contribution in [3.05, 3.63) is 70.5 Å². The first-order valence-electron chi connectivity index (χ1n) is 6.21. The van der Waals surface area contributed by atoms with Crippen LogP contribution in [0.25, 0.3) is 5.52 Å². The van der Waals surface area contributed by atoms with E-state index in [2.05, 4.69) is 0 Å². The Balaban J connectivity index is 2.26. The van der Waals surface area contributed by atoms with E-state index in [0.29, 0.717) is 16.1 Å². The number of nitrogens with zero attached hydrogens (tertiary/aromatic N) is 2. The van der Waals surface area contributed by atoms with Crippen LogP contribution in [-0.4, -0.2) is 10.2 Å². The number of nitrogen functional groups attached to an aromatic ring is 1. The molecule has 0 bridgehead atoms. The fourth-order valence-electron chi connectivity index (χ4n) is 2.26. The van der Waals surface area contributed by atoms with Gasteiger partial charge in [-0.25, -0.2) is 0 Å². The van der Waals surface area contributed by atoms with E-state index in [-0.39, 0.29) is 17.2 Å². The maximum absolute atomic E-state index is 12.7. The summed E-state index contributed by atoms with van der Waals surface area (Å²) in [6, 6.07) is 13.9. The zero-order valence-electron chi connectivity index (χ0n) is 10.9. The van der Waals surface area contributed by atoms with Crippen LogP contribution in [-0.2, 0) is 0 Å². The van der Waals surface area contributed by atoms with E-state index in [1.54, 1.807) is 47.0 Å². The van der Waals surface area contributed by atoms with Gasteiger partial charge in [-0.1, -0.05) is 11.6 Å². The van der Waals surface area contributed by atoms with Crippen LogP contribution in [0.2, 0.25) is 5.02 Å². The van der Waals surface area contributed by atoms with Crippen LogP contribution in [0.3, 0.4) is 0 Å². The number of fused-ring (bicyclic) bond motifs is 1. The van der Waals surface area contributed by atoms with Gasteiger partial charge in [-0.3, -0.25) is 4.79 Å². The molecule has 3 rings (SSSR count). The van der Waals surface area contributed by atoms with Gasteiger partial charge in [-0.05, 0) is 42.5 Å². The number of pyridine rings is 1. The van der Waals surface area contributed by atoms with Crippen LogP contribution < -0.4 is 5.73 Å². The van der Waals surface area contributed by atoms with Gasteiger partial charge in [0, 0.05) is 22.3 Å². The van der Waals surface area contributed by atoms with Gasteiger partial charge < -0.3 is 10.1 Å². The molecular weight excluding hydrogens is 286 g/mol. The highest BCUT2D eigenvalue weighted by Crippen LogP contribution is 2.24. The molecule has 0 aliphatic rings. The molecule has 0 aliphatic carbocycles. The molecule has 0 unspecified atom stereocenters. The molecule has 3 aromatic rings. The van der Waals surface area contributed by atoms with E-state index in [0.717, 1.165) is 5.52 Å².